The van der Waals surface area contributed by atoms with Crippen molar-refractivity contribution in [2.45, 2.75) is 83.8 Å². The number of piperazine rings is 1. The Hall–Kier alpha value is -0.120. The number of hydrogen-bond donors (Lipinski definition) is 1. The molecule has 0 saturated carbocycles. The Morgan fingerprint density at radius 3 is 2.57 bits per heavy atom. The molecule has 0 bridgehead atoms. The molecule has 3 heteroatoms. The van der Waals surface area contributed by atoms with Crippen molar-refractivity contribution in [3.05, 3.63) is 0 Å². The van der Waals surface area contributed by atoms with E-state index in [2.05, 4.69) is 42.8 Å². The topological polar surface area (TPSA) is 18.5 Å². The molecule has 2 rings (SSSR count). The van der Waals surface area contributed by atoms with Gasteiger partial charge >= 0.3 is 0 Å². The number of unbranched alkanes of at least 4 members (excludes halogenated alkanes) is 3. The monoisotopic (exact) mass is 295 g/mol. The minimum atomic E-state index is 0.274. The van der Waals surface area contributed by atoms with Gasteiger partial charge in [-0.1, -0.05) is 12.8 Å². The third kappa shape index (κ3) is 5.88. The summed E-state index contributed by atoms with van der Waals surface area (Å²) in [7, 11) is 0. The first-order valence-corrected chi connectivity index (χ1v) is 9.19. The van der Waals surface area contributed by atoms with E-state index in [1.807, 2.05) is 0 Å². The highest BCUT2D eigenvalue weighted by Gasteiger charge is 2.33. The van der Waals surface area contributed by atoms with Crippen LogP contribution in [-0.2, 0) is 0 Å². The van der Waals surface area contributed by atoms with E-state index < -0.39 is 0 Å². The largest absolute Gasteiger partial charge is 0.312 e. The second-order valence-corrected chi connectivity index (χ2v) is 8.23. The van der Waals surface area contributed by atoms with Gasteiger partial charge < -0.3 is 5.32 Å². The second-order valence-electron chi connectivity index (χ2n) is 8.23. The summed E-state index contributed by atoms with van der Waals surface area (Å²) in [4.78, 5) is 5.47. The van der Waals surface area contributed by atoms with Crippen molar-refractivity contribution in [2.75, 3.05) is 32.7 Å². The quantitative estimate of drug-likeness (QED) is 0.728. The fourth-order valence-corrected chi connectivity index (χ4v) is 3.82. The molecule has 0 spiro atoms. The zero-order valence-electron chi connectivity index (χ0n) is 14.8. The van der Waals surface area contributed by atoms with Gasteiger partial charge in [-0.3, -0.25) is 9.80 Å². The molecule has 124 valence electrons. The first kappa shape index (κ1) is 17.2. The zero-order chi connectivity index (χ0) is 15.3. The van der Waals surface area contributed by atoms with Gasteiger partial charge in [0.15, 0.2) is 0 Å². The third-order valence-electron chi connectivity index (χ3n) is 5.09. The number of hydrogen-bond acceptors (Lipinski definition) is 3. The lowest BCUT2D eigenvalue weighted by Crippen LogP contribution is -2.54. The molecule has 3 nitrogen and oxygen atoms in total. The van der Waals surface area contributed by atoms with Gasteiger partial charge in [0.2, 0.25) is 0 Å². The predicted molar refractivity (Wildman–Crippen MR) is 91.9 cm³/mol. The van der Waals surface area contributed by atoms with E-state index in [1.165, 1.54) is 71.2 Å². The summed E-state index contributed by atoms with van der Waals surface area (Å²) < 4.78 is 0. The van der Waals surface area contributed by atoms with Gasteiger partial charge in [0, 0.05) is 30.7 Å². The van der Waals surface area contributed by atoms with Crippen molar-refractivity contribution in [2.24, 2.45) is 0 Å². The second kappa shape index (κ2) is 7.94. The molecule has 0 radical (unpaired) electrons. The lowest BCUT2D eigenvalue weighted by Gasteiger charge is -2.42. The van der Waals surface area contributed by atoms with Gasteiger partial charge in [-0.25, -0.2) is 0 Å². The maximum Gasteiger partial charge on any atom is 0.0224 e. The lowest BCUT2D eigenvalue weighted by molar-refractivity contribution is 0.0583. The molecule has 2 saturated heterocycles. The first-order valence-electron chi connectivity index (χ1n) is 9.19. The molecule has 2 aliphatic rings. The van der Waals surface area contributed by atoms with Gasteiger partial charge in [0.05, 0.1) is 0 Å². The number of fused-ring (bicyclic) bond motifs is 1. The van der Waals surface area contributed by atoms with Crippen molar-refractivity contribution in [1.29, 1.82) is 0 Å². The molecule has 2 aliphatic heterocycles. The normalized spacial score (nSPS) is 28.0. The van der Waals surface area contributed by atoms with Crippen molar-refractivity contribution in [3.63, 3.8) is 0 Å². The van der Waals surface area contributed by atoms with Gasteiger partial charge in [-0.15, -0.1) is 0 Å². The number of nitrogens with zero attached hydrogens (tertiary/aromatic N) is 2. The molecule has 2 unspecified atom stereocenters. The van der Waals surface area contributed by atoms with Crippen LogP contribution in [-0.4, -0.2) is 60.1 Å². The van der Waals surface area contributed by atoms with Crippen LogP contribution in [0.15, 0.2) is 0 Å². The van der Waals surface area contributed by atoms with Gasteiger partial charge in [-0.05, 0) is 73.0 Å². The zero-order valence-corrected chi connectivity index (χ0v) is 14.8. The summed E-state index contributed by atoms with van der Waals surface area (Å²) in [6.45, 7) is 15.6. The summed E-state index contributed by atoms with van der Waals surface area (Å²) in [5, 5.41) is 3.58. The van der Waals surface area contributed by atoms with Crippen LogP contribution in [0, 0.1) is 0 Å². The van der Waals surface area contributed by atoms with Gasteiger partial charge in [-0.2, -0.15) is 0 Å². The summed E-state index contributed by atoms with van der Waals surface area (Å²) in [5.41, 5.74) is 0.274. The number of rotatable bonds is 7. The van der Waals surface area contributed by atoms with Crippen LogP contribution in [0.2, 0.25) is 0 Å². The van der Waals surface area contributed by atoms with Crippen molar-refractivity contribution < 1.29 is 0 Å². The van der Waals surface area contributed by atoms with Crippen LogP contribution in [0.5, 0.6) is 0 Å². The average molecular weight is 296 g/mol. The minimum Gasteiger partial charge on any atom is -0.312 e. The van der Waals surface area contributed by atoms with E-state index in [9.17, 15) is 0 Å². The van der Waals surface area contributed by atoms with E-state index in [4.69, 9.17) is 0 Å². The summed E-state index contributed by atoms with van der Waals surface area (Å²) in [6.07, 6.45) is 8.33. The highest BCUT2D eigenvalue weighted by atomic mass is 15.3. The van der Waals surface area contributed by atoms with Crippen LogP contribution in [0.1, 0.15) is 66.2 Å². The van der Waals surface area contributed by atoms with Crippen molar-refractivity contribution in [1.82, 2.24) is 15.1 Å². The van der Waals surface area contributed by atoms with E-state index in [1.54, 1.807) is 0 Å². The maximum atomic E-state index is 3.58. The molecule has 0 amide bonds. The summed E-state index contributed by atoms with van der Waals surface area (Å²) in [6, 6.07) is 1.64. The molecule has 1 N–H and O–H groups in total. The molecule has 2 heterocycles. The first-order chi connectivity index (χ1) is 9.96. The molecule has 0 aromatic carbocycles. The highest BCUT2D eigenvalue weighted by molar-refractivity contribution is 4.90. The Morgan fingerprint density at radius 2 is 1.81 bits per heavy atom. The Morgan fingerprint density at radius 1 is 1.05 bits per heavy atom. The fraction of sp³-hybridized carbons (Fsp3) is 1.00. The van der Waals surface area contributed by atoms with Gasteiger partial charge in [0.1, 0.15) is 0 Å². The van der Waals surface area contributed by atoms with E-state index in [0.29, 0.717) is 0 Å². The SMILES string of the molecule is CC1CN2CCCC2CN1CCCCCCNC(C)(C)C. The summed E-state index contributed by atoms with van der Waals surface area (Å²) >= 11 is 0. The smallest absolute Gasteiger partial charge is 0.0224 e. The Bertz CT molecular complexity index is 297. The molecular weight excluding hydrogens is 258 g/mol. The lowest BCUT2D eigenvalue weighted by atomic mass is 10.1. The highest BCUT2D eigenvalue weighted by Crippen LogP contribution is 2.24. The van der Waals surface area contributed by atoms with Gasteiger partial charge in [0.25, 0.3) is 0 Å². The third-order valence-corrected chi connectivity index (χ3v) is 5.09. The Kier molecular flexibility index (Phi) is 6.51. The number of nitrogens with one attached hydrogen (secondary N) is 1. The minimum absolute atomic E-state index is 0.274. The van der Waals surface area contributed by atoms with Crippen LogP contribution in [0.25, 0.3) is 0 Å². The van der Waals surface area contributed by atoms with E-state index >= 15 is 0 Å². The van der Waals surface area contributed by atoms with Crippen LogP contribution in [0.3, 0.4) is 0 Å². The predicted octanol–water partition coefficient (Wildman–Crippen LogP) is 3.10. The standard InChI is InChI=1S/C18H37N3/c1-16-14-21-13-9-10-17(21)15-20(16)12-8-6-5-7-11-19-18(2,3)4/h16-17,19H,5-15H2,1-4H3. The molecule has 2 fully saturated rings. The summed E-state index contributed by atoms with van der Waals surface area (Å²) in [5.74, 6) is 0. The van der Waals surface area contributed by atoms with Crippen molar-refractivity contribution in [3.8, 4) is 0 Å². The molecule has 21 heavy (non-hydrogen) atoms. The van der Waals surface area contributed by atoms with Crippen LogP contribution in [0.4, 0.5) is 0 Å². The average Bonchev–Trinajstić information content (AvgIpc) is 2.83. The van der Waals surface area contributed by atoms with Crippen molar-refractivity contribution >= 4 is 0 Å². The molecule has 0 aromatic rings. The molecule has 0 aromatic heterocycles. The van der Waals surface area contributed by atoms with E-state index in [0.717, 1.165) is 12.1 Å². The van der Waals surface area contributed by atoms with E-state index in [-0.39, 0.29) is 5.54 Å². The van der Waals surface area contributed by atoms with Crippen LogP contribution >= 0.6 is 0 Å². The maximum absolute atomic E-state index is 3.58. The molecular formula is C18H37N3. The van der Waals surface area contributed by atoms with Crippen LogP contribution < -0.4 is 5.32 Å². The molecule has 2 atom stereocenters. The Labute approximate surface area is 132 Å². The Balaban J connectivity index is 1.52. The fourth-order valence-electron chi connectivity index (χ4n) is 3.82. The molecule has 0 aliphatic carbocycles.